The molecule has 1 unspecified atom stereocenters. The molecule has 0 saturated heterocycles. The van der Waals surface area contributed by atoms with Gasteiger partial charge in [-0.15, -0.1) is 11.8 Å². The van der Waals surface area contributed by atoms with Gasteiger partial charge in [0.15, 0.2) is 0 Å². The van der Waals surface area contributed by atoms with E-state index in [1.165, 1.54) is 6.42 Å². The van der Waals surface area contributed by atoms with Gasteiger partial charge in [-0.25, -0.2) is 4.98 Å². The minimum Gasteiger partial charge on any atom is -0.370 e. The summed E-state index contributed by atoms with van der Waals surface area (Å²) in [6.45, 7) is 7.67. The van der Waals surface area contributed by atoms with Crippen LogP contribution in [-0.2, 0) is 0 Å². The van der Waals surface area contributed by atoms with Crippen molar-refractivity contribution in [3.63, 3.8) is 0 Å². The van der Waals surface area contributed by atoms with E-state index in [1.54, 1.807) is 0 Å². The van der Waals surface area contributed by atoms with Crippen molar-refractivity contribution in [3.05, 3.63) is 18.2 Å². The highest BCUT2D eigenvalue weighted by molar-refractivity contribution is 7.99. The molecule has 0 aromatic carbocycles. The molecule has 1 heterocycles. The van der Waals surface area contributed by atoms with Crippen molar-refractivity contribution < 1.29 is 0 Å². The van der Waals surface area contributed by atoms with Crippen LogP contribution >= 0.6 is 11.8 Å². The maximum Gasteiger partial charge on any atom is 0.127 e. The fraction of sp³-hybridized carbons (Fsp3) is 0.615. The van der Waals surface area contributed by atoms with Crippen molar-refractivity contribution >= 4 is 17.6 Å². The second-order valence-corrected chi connectivity index (χ2v) is 5.15. The summed E-state index contributed by atoms with van der Waals surface area (Å²) in [6.07, 6.45) is 2.37. The Bertz CT molecular complexity index is 302. The van der Waals surface area contributed by atoms with Crippen molar-refractivity contribution in [2.75, 3.05) is 17.6 Å². The van der Waals surface area contributed by atoms with Gasteiger partial charge in [-0.2, -0.15) is 0 Å². The third-order valence-electron chi connectivity index (χ3n) is 2.49. The fourth-order valence-corrected chi connectivity index (χ4v) is 2.22. The Balaban J connectivity index is 2.46. The molecule has 0 amide bonds. The SMILES string of the molecule is CCCNc1cccc(SCC(C)CC)n1. The Hall–Kier alpha value is -0.700. The van der Waals surface area contributed by atoms with E-state index < -0.39 is 0 Å². The zero-order valence-corrected chi connectivity index (χ0v) is 11.3. The third-order valence-corrected chi connectivity index (χ3v) is 3.75. The molecule has 1 rings (SSSR count). The van der Waals surface area contributed by atoms with Crippen LogP contribution in [0, 0.1) is 5.92 Å². The van der Waals surface area contributed by atoms with Crippen LogP contribution in [0.25, 0.3) is 0 Å². The van der Waals surface area contributed by atoms with Crippen molar-refractivity contribution in [2.45, 2.75) is 38.6 Å². The molecular weight excluding hydrogens is 216 g/mol. The lowest BCUT2D eigenvalue weighted by atomic mass is 10.2. The van der Waals surface area contributed by atoms with Crippen LogP contribution in [0.1, 0.15) is 33.6 Å². The van der Waals surface area contributed by atoms with Crippen molar-refractivity contribution in [3.8, 4) is 0 Å². The Morgan fingerprint density at radius 2 is 2.19 bits per heavy atom. The summed E-state index contributed by atoms with van der Waals surface area (Å²) in [4.78, 5) is 4.57. The molecule has 0 saturated carbocycles. The first-order valence-corrected chi connectivity index (χ1v) is 7.08. The third kappa shape index (κ3) is 4.88. The maximum absolute atomic E-state index is 4.57. The molecule has 3 heteroatoms. The van der Waals surface area contributed by atoms with E-state index in [1.807, 2.05) is 17.8 Å². The van der Waals surface area contributed by atoms with Crippen molar-refractivity contribution in [2.24, 2.45) is 5.92 Å². The number of thioether (sulfide) groups is 1. The van der Waals surface area contributed by atoms with Crippen LogP contribution in [0.5, 0.6) is 0 Å². The van der Waals surface area contributed by atoms with E-state index in [-0.39, 0.29) is 0 Å². The van der Waals surface area contributed by atoms with Crippen molar-refractivity contribution in [1.82, 2.24) is 4.98 Å². The van der Waals surface area contributed by atoms with Gasteiger partial charge in [-0.05, 0) is 24.5 Å². The van der Waals surface area contributed by atoms with E-state index in [2.05, 4.69) is 43.2 Å². The molecule has 1 aromatic heterocycles. The number of pyridine rings is 1. The summed E-state index contributed by atoms with van der Waals surface area (Å²) in [5.41, 5.74) is 0. The quantitative estimate of drug-likeness (QED) is 0.726. The minimum atomic E-state index is 0.763. The molecule has 16 heavy (non-hydrogen) atoms. The van der Waals surface area contributed by atoms with Gasteiger partial charge in [0.1, 0.15) is 5.82 Å². The summed E-state index contributed by atoms with van der Waals surface area (Å²) in [5.74, 6) is 2.91. The fourth-order valence-electron chi connectivity index (χ4n) is 1.19. The largest absolute Gasteiger partial charge is 0.370 e. The molecule has 0 spiro atoms. The predicted octanol–water partition coefficient (Wildman–Crippen LogP) is 4.04. The monoisotopic (exact) mass is 238 g/mol. The van der Waals surface area contributed by atoms with E-state index in [0.29, 0.717) is 0 Å². The molecule has 0 fully saturated rings. The summed E-state index contributed by atoms with van der Waals surface area (Å²) >= 11 is 1.85. The van der Waals surface area contributed by atoms with E-state index in [0.717, 1.165) is 35.5 Å². The molecule has 0 aliphatic heterocycles. The molecule has 2 nitrogen and oxygen atoms in total. The molecule has 0 bridgehead atoms. The summed E-state index contributed by atoms with van der Waals surface area (Å²) in [5, 5.41) is 4.44. The lowest BCUT2D eigenvalue weighted by Gasteiger charge is -2.08. The smallest absolute Gasteiger partial charge is 0.127 e. The first kappa shape index (κ1) is 13.4. The highest BCUT2D eigenvalue weighted by Gasteiger charge is 2.02. The average molecular weight is 238 g/mol. The van der Waals surface area contributed by atoms with Gasteiger partial charge >= 0.3 is 0 Å². The van der Waals surface area contributed by atoms with Crippen LogP contribution in [0.2, 0.25) is 0 Å². The average Bonchev–Trinajstić information content (AvgIpc) is 2.34. The molecule has 0 aliphatic rings. The molecule has 1 atom stereocenters. The van der Waals surface area contributed by atoms with Gasteiger partial charge in [0.25, 0.3) is 0 Å². The van der Waals surface area contributed by atoms with Crippen LogP contribution in [0.3, 0.4) is 0 Å². The number of nitrogens with zero attached hydrogens (tertiary/aromatic N) is 1. The summed E-state index contributed by atoms with van der Waals surface area (Å²) in [7, 11) is 0. The van der Waals surface area contributed by atoms with E-state index >= 15 is 0 Å². The topological polar surface area (TPSA) is 24.9 Å². The molecule has 0 aliphatic carbocycles. The Kier molecular flexibility index (Phi) is 6.31. The van der Waals surface area contributed by atoms with Gasteiger partial charge in [-0.3, -0.25) is 0 Å². The van der Waals surface area contributed by atoms with Crippen LogP contribution in [-0.4, -0.2) is 17.3 Å². The number of rotatable bonds is 7. The highest BCUT2D eigenvalue weighted by atomic mass is 32.2. The predicted molar refractivity (Wildman–Crippen MR) is 73.2 cm³/mol. The first-order chi connectivity index (χ1) is 7.76. The van der Waals surface area contributed by atoms with E-state index in [4.69, 9.17) is 0 Å². The van der Waals surface area contributed by atoms with Gasteiger partial charge < -0.3 is 5.32 Å². The lowest BCUT2D eigenvalue weighted by molar-refractivity contribution is 0.636. The van der Waals surface area contributed by atoms with Gasteiger partial charge in [0.2, 0.25) is 0 Å². The second-order valence-electron chi connectivity index (χ2n) is 4.11. The molecular formula is C13H22N2S. The zero-order chi connectivity index (χ0) is 11.8. The Morgan fingerprint density at radius 3 is 2.88 bits per heavy atom. The summed E-state index contributed by atoms with van der Waals surface area (Å²) in [6, 6.07) is 6.19. The standard InChI is InChI=1S/C13H22N2S/c1-4-9-14-12-7-6-8-13(15-12)16-10-11(3)5-2/h6-8,11H,4-5,9-10H2,1-3H3,(H,14,15). The Labute approximate surface area is 103 Å². The maximum atomic E-state index is 4.57. The van der Waals surface area contributed by atoms with Crippen LogP contribution in [0.15, 0.2) is 23.2 Å². The van der Waals surface area contributed by atoms with Gasteiger partial charge in [-0.1, -0.05) is 33.3 Å². The normalized spacial score (nSPS) is 12.4. The number of anilines is 1. The number of hydrogen-bond acceptors (Lipinski definition) is 3. The highest BCUT2D eigenvalue weighted by Crippen LogP contribution is 2.21. The number of nitrogens with one attached hydrogen (secondary N) is 1. The van der Waals surface area contributed by atoms with Crippen LogP contribution < -0.4 is 5.32 Å². The zero-order valence-electron chi connectivity index (χ0n) is 10.5. The molecule has 0 radical (unpaired) electrons. The molecule has 1 aromatic rings. The number of aromatic nitrogens is 1. The number of hydrogen-bond donors (Lipinski definition) is 1. The summed E-state index contributed by atoms with van der Waals surface area (Å²) < 4.78 is 0. The minimum absolute atomic E-state index is 0.763. The van der Waals surface area contributed by atoms with E-state index in [9.17, 15) is 0 Å². The lowest BCUT2D eigenvalue weighted by Crippen LogP contribution is -2.02. The Morgan fingerprint density at radius 1 is 1.38 bits per heavy atom. The van der Waals surface area contributed by atoms with Gasteiger partial charge in [0.05, 0.1) is 5.03 Å². The van der Waals surface area contributed by atoms with Gasteiger partial charge in [0, 0.05) is 12.3 Å². The second kappa shape index (κ2) is 7.55. The van der Waals surface area contributed by atoms with Crippen molar-refractivity contribution in [1.29, 1.82) is 0 Å². The first-order valence-electron chi connectivity index (χ1n) is 6.10. The molecule has 1 N–H and O–H groups in total. The van der Waals surface area contributed by atoms with Crippen LogP contribution in [0.4, 0.5) is 5.82 Å². The molecule has 90 valence electrons.